The minimum absolute atomic E-state index is 0.404. The van der Waals surface area contributed by atoms with Crippen molar-refractivity contribution in [2.24, 2.45) is 0 Å². The second kappa shape index (κ2) is 6.87. The van der Waals surface area contributed by atoms with E-state index in [1.165, 1.54) is 48.1 Å². The van der Waals surface area contributed by atoms with Crippen molar-refractivity contribution in [1.82, 2.24) is 0 Å². The fraction of sp³-hybridized carbons (Fsp3) is 0.400. The van der Waals surface area contributed by atoms with Crippen LogP contribution in [0, 0.1) is 13.8 Å². The highest BCUT2D eigenvalue weighted by Gasteiger charge is 2.17. The Labute approximate surface area is 133 Å². The van der Waals surface area contributed by atoms with Crippen LogP contribution in [-0.2, 0) is 6.54 Å². The molecular formula is C20H25NO. The van der Waals surface area contributed by atoms with E-state index in [4.69, 9.17) is 4.74 Å². The summed E-state index contributed by atoms with van der Waals surface area (Å²) in [5, 5.41) is 3.56. The van der Waals surface area contributed by atoms with E-state index >= 15 is 0 Å². The molecule has 0 unspecified atom stereocenters. The average molecular weight is 295 g/mol. The van der Waals surface area contributed by atoms with Gasteiger partial charge in [0.15, 0.2) is 0 Å². The molecule has 1 aliphatic carbocycles. The van der Waals surface area contributed by atoms with Crippen molar-refractivity contribution < 1.29 is 4.74 Å². The Kier molecular flexibility index (Phi) is 4.67. The third-order valence-corrected chi connectivity index (χ3v) is 4.64. The predicted octanol–water partition coefficient (Wildman–Crippen LogP) is 5.24. The smallest absolute Gasteiger partial charge is 0.124 e. The minimum Gasteiger partial charge on any atom is -0.490 e. The molecule has 0 radical (unpaired) electrons. The number of aryl methyl sites for hydroxylation is 1. The zero-order valence-corrected chi connectivity index (χ0v) is 13.6. The standard InChI is InChI=1S/C20H25NO/c1-15-8-7-12-19(16(15)2)21-14-17-9-3-6-13-20(17)22-18-10-4-5-11-18/h3,6-9,12-13,18,21H,4-5,10-11,14H2,1-2H3. The molecule has 0 saturated heterocycles. The third kappa shape index (κ3) is 3.44. The van der Waals surface area contributed by atoms with Crippen LogP contribution in [0.5, 0.6) is 5.75 Å². The normalized spacial score (nSPS) is 15.0. The molecule has 2 nitrogen and oxygen atoms in total. The summed E-state index contributed by atoms with van der Waals surface area (Å²) in [4.78, 5) is 0. The Morgan fingerprint density at radius 3 is 2.59 bits per heavy atom. The molecular weight excluding hydrogens is 270 g/mol. The van der Waals surface area contributed by atoms with Gasteiger partial charge in [0.25, 0.3) is 0 Å². The summed E-state index contributed by atoms with van der Waals surface area (Å²) in [6.07, 6.45) is 5.39. The van der Waals surface area contributed by atoms with Crippen LogP contribution in [-0.4, -0.2) is 6.10 Å². The molecule has 1 saturated carbocycles. The first-order chi connectivity index (χ1) is 10.7. The van der Waals surface area contributed by atoms with Crippen molar-refractivity contribution in [2.45, 2.75) is 52.2 Å². The number of ether oxygens (including phenoxy) is 1. The van der Waals surface area contributed by atoms with Crippen molar-refractivity contribution in [3.8, 4) is 5.75 Å². The van der Waals surface area contributed by atoms with Gasteiger partial charge in [-0.25, -0.2) is 0 Å². The lowest BCUT2D eigenvalue weighted by Crippen LogP contribution is -2.13. The van der Waals surface area contributed by atoms with Gasteiger partial charge < -0.3 is 10.1 Å². The molecule has 2 aromatic rings. The van der Waals surface area contributed by atoms with Crippen molar-refractivity contribution in [1.29, 1.82) is 0 Å². The number of benzene rings is 2. The lowest BCUT2D eigenvalue weighted by molar-refractivity contribution is 0.208. The highest BCUT2D eigenvalue weighted by molar-refractivity contribution is 5.54. The van der Waals surface area contributed by atoms with E-state index in [1.54, 1.807) is 0 Å². The summed E-state index contributed by atoms with van der Waals surface area (Å²) < 4.78 is 6.21. The van der Waals surface area contributed by atoms with Crippen LogP contribution < -0.4 is 10.1 Å². The Morgan fingerprint density at radius 2 is 1.77 bits per heavy atom. The van der Waals surface area contributed by atoms with Gasteiger partial charge in [-0.05, 0) is 62.8 Å². The second-order valence-electron chi connectivity index (χ2n) is 6.23. The average Bonchev–Trinajstić information content (AvgIpc) is 3.03. The van der Waals surface area contributed by atoms with Gasteiger partial charge in [0.2, 0.25) is 0 Å². The summed E-state index contributed by atoms with van der Waals surface area (Å²) in [6.45, 7) is 5.11. The van der Waals surface area contributed by atoms with Gasteiger partial charge in [-0.3, -0.25) is 0 Å². The van der Waals surface area contributed by atoms with Gasteiger partial charge in [-0.15, -0.1) is 0 Å². The molecule has 2 aromatic carbocycles. The number of rotatable bonds is 5. The topological polar surface area (TPSA) is 21.3 Å². The molecule has 3 rings (SSSR count). The largest absolute Gasteiger partial charge is 0.490 e. The molecule has 1 aliphatic rings. The van der Waals surface area contributed by atoms with Crippen molar-refractivity contribution in [3.63, 3.8) is 0 Å². The van der Waals surface area contributed by atoms with Crippen molar-refractivity contribution >= 4 is 5.69 Å². The summed E-state index contributed by atoms with van der Waals surface area (Å²) in [5.74, 6) is 1.03. The molecule has 1 fully saturated rings. The summed E-state index contributed by atoms with van der Waals surface area (Å²) in [5.41, 5.74) is 5.07. The van der Waals surface area contributed by atoms with Crippen molar-refractivity contribution in [3.05, 3.63) is 59.2 Å². The molecule has 0 aromatic heterocycles. The minimum atomic E-state index is 0.404. The van der Waals surface area contributed by atoms with Gasteiger partial charge in [0.05, 0.1) is 6.10 Å². The summed E-state index contributed by atoms with van der Waals surface area (Å²) in [6, 6.07) is 14.8. The van der Waals surface area contributed by atoms with Gasteiger partial charge in [0.1, 0.15) is 5.75 Å². The van der Waals surface area contributed by atoms with E-state index in [-0.39, 0.29) is 0 Å². The van der Waals surface area contributed by atoms with E-state index in [9.17, 15) is 0 Å². The molecule has 0 spiro atoms. The van der Waals surface area contributed by atoms with Crippen LogP contribution in [0.15, 0.2) is 42.5 Å². The van der Waals surface area contributed by atoms with E-state index in [2.05, 4.69) is 61.6 Å². The second-order valence-corrected chi connectivity index (χ2v) is 6.23. The van der Waals surface area contributed by atoms with Gasteiger partial charge in [-0.2, -0.15) is 0 Å². The first-order valence-corrected chi connectivity index (χ1v) is 8.28. The molecule has 1 N–H and O–H groups in total. The number of para-hydroxylation sites is 1. The van der Waals surface area contributed by atoms with E-state index in [0.29, 0.717) is 6.10 Å². The van der Waals surface area contributed by atoms with E-state index < -0.39 is 0 Å². The Bertz CT molecular complexity index is 629. The van der Waals surface area contributed by atoms with Crippen molar-refractivity contribution in [2.75, 3.05) is 5.32 Å². The van der Waals surface area contributed by atoms with Crippen LogP contribution in [0.25, 0.3) is 0 Å². The maximum Gasteiger partial charge on any atom is 0.124 e. The molecule has 0 bridgehead atoms. The molecule has 0 atom stereocenters. The Hall–Kier alpha value is -1.96. The first-order valence-electron chi connectivity index (χ1n) is 8.28. The van der Waals surface area contributed by atoms with Crippen LogP contribution >= 0.6 is 0 Å². The number of nitrogens with one attached hydrogen (secondary N) is 1. The maximum absolute atomic E-state index is 6.21. The lowest BCUT2D eigenvalue weighted by atomic mass is 10.1. The third-order valence-electron chi connectivity index (χ3n) is 4.64. The SMILES string of the molecule is Cc1cccc(NCc2ccccc2OC2CCCC2)c1C. The summed E-state index contributed by atoms with van der Waals surface area (Å²) >= 11 is 0. The highest BCUT2D eigenvalue weighted by Crippen LogP contribution is 2.27. The molecule has 22 heavy (non-hydrogen) atoms. The van der Waals surface area contributed by atoms with Gasteiger partial charge >= 0.3 is 0 Å². The zero-order chi connectivity index (χ0) is 15.4. The molecule has 116 valence electrons. The fourth-order valence-corrected chi connectivity index (χ4v) is 3.08. The molecule has 0 amide bonds. The quantitative estimate of drug-likeness (QED) is 0.814. The van der Waals surface area contributed by atoms with Gasteiger partial charge in [-0.1, -0.05) is 30.3 Å². The monoisotopic (exact) mass is 295 g/mol. The molecule has 0 aliphatic heterocycles. The lowest BCUT2D eigenvalue weighted by Gasteiger charge is -2.18. The molecule has 0 heterocycles. The van der Waals surface area contributed by atoms with Crippen LogP contribution in [0.4, 0.5) is 5.69 Å². The van der Waals surface area contributed by atoms with Crippen LogP contribution in [0.3, 0.4) is 0 Å². The number of hydrogen-bond donors (Lipinski definition) is 1. The first kappa shape index (κ1) is 15.0. The number of anilines is 1. The number of hydrogen-bond acceptors (Lipinski definition) is 2. The predicted molar refractivity (Wildman–Crippen MR) is 92.6 cm³/mol. The fourth-order valence-electron chi connectivity index (χ4n) is 3.08. The molecule has 2 heteroatoms. The maximum atomic E-state index is 6.21. The van der Waals surface area contributed by atoms with E-state index in [1.807, 2.05) is 0 Å². The van der Waals surface area contributed by atoms with Crippen LogP contribution in [0.1, 0.15) is 42.4 Å². The van der Waals surface area contributed by atoms with E-state index in [0.717, 1.165) is 12.3 Å². The van der Waals surface area contributed by atoms with Crippen LogP contribution in [0.2, 0.25) is 0 Å². The Morgan fingerprint density at radius 1 is 1.00 bits per heavy atom. The zero-order valence-electron chi connectivity index (χ0n) is 13.6. The Balaban J connectivity index is 1.70. The van der Waals surface area contributed by atoms with Gasteiger partial charge in [0, 0.05) is 17.8 Å². The summed E-state index contributed by atoms with van der Waals surface area (Å²) in [7, 11) is 0. The highest BCUT2D eigenvalue weighted by atomic mass is 16.5.